The van der Waals surface area contributed by atoms with Gasteiger partial charge < -0.3 is 19.2 Å². The van der Waals surface area contributed by atoms with Crippen LogP contribution in [0.1, 0.15) is 40.2 Å². The highest BCUT2D eigenvalue weighted by Crippen LogP contribution is 2.40. The number of aromatic hydroxyl groups is 1. The van der Waals surface area contributed by atoms with Gasteiger partial charge >= 0.3 is 0 Å². The van der Waals surface area contributed by atoms with Crippen molar-refractivity contribution in [1.82, 2.24) is 4.90 Å². The fourth-order valence-corrected chi connectivity index (χ4v) is 4.44. The molecule has 1 aliphatic heterocycles. The Balaban J connectivity index is 1.67. The lowest BCUT2D eigenvalue weighted by molar-refractivity contribution is 0.0730. The second-order valence-electron chi connectivity index (χ2n) is 8.11. The number of carbonyl (C=O) groups is 1. The Kier molecular flexibility index (Phi) is 5.53. The minimum absolute atomic E-state index is 0.0430. The first-order valence-corrected chi connectivity index (χ1v) is 11.0. The van der Waals surface area contributed by atoms with Crippen LogP contribution in [0.3, 0.4) is 0 Å². The third kappa shape index (κ3) is 3.69. The molecule has 3 aromatic carbocycles. The molecule has 0 spiro atoms. The summed E-state index contributed by atoms with van der Waals surface area (Å²) in [6, 6.07) is 17.4. The van der Waals surface area contributed by atoms with Crippen molar-refractivity contribution in [2.45, 2.75) is 19.4 Å². The number of nitrogens with zero attached hydrogens (tertiary/aromatic N) is 1. The number of rotatable bonds is 6. The van der Waals surface area contributed by atoms with Gasteiger partial charge in [0, 0.05) is 6.54 Å². The van der Waals surface area contributed by atoms with Gasteiger partial charge in [0.05, 0.1) is 23.6 Å². The van der Waals surface area contributed by atoms with Gasteiger partial charge in [-0.05, 0) is 54.8 Å². The maximum absolute atomic E-state index is 13.9. The maximum atomic E-state index is 13.9. The number of amides is 1. The van der Waals surface area contributed by atoms with E-state index in [1.165, 1.54) is 18.2 Å². The van der Waals surface area contributed by atoms with Crippen molar-refractivity contribution in [3.05, 3.63) is 105 Å². The predicted octanol–water partition coefficient (Wildman–Crippen LogP) is 4.82. The number of hydrogen-bond acceptors (Lipinski definition) is 5. The summed E-state index contributed by atoms with van der Waals surface area (Å²) in [5.41, 5.74) is 1.48. The van der Waals surface area contributed by atoms with Crippen LogP contribution < -0.4 is 10.2 Å². The lowest BCUT2D eigenvalue weighted by atomic mass is 9.97. The smallest absolute Gasteiger partial charge is 0.290 e. The fraction of sp³-hybridized carbons (Fsp3) is 0.185. The first-order valence-electron chi connectivity index (χ1n) is 11.0. The molecule has 5 rings (SSSR count). The van der Waals surface area contributed by atoms with Crippen LogP contribution in [-0.2, 0) is 6.42 Å². The van der Waals surface area contributed by atoms with Crippen LogP contribution in [0.5, 0.6) is 11.5 Å². The van der Waals surface area contributed by atoms with Crippen molar-refractivity contribution in [2.75, 3.05) is 13.2 Å². The molecule has 1 N–H and O–H groups in total. The summed E-state index contributed by atoms with van der Waals surface area (Å²) in [4.78, 5) is 28.6. The van der Waals surface area contributed by atoms with E-state index in [9.17, 15) is 19.1 Å². The summed E-state index contributed by atoms with van der Waals surface area (Å²) >= 11 is 0. The quantitative estimate of drug-likeness (QED) is 0.447. The van der Waals surface area contributed by atoms with Gasteiger partial charge in [-0.25, -0.2) is 4.39 Å². The number of phenols is 1. The van der Waals surface area contributed by atoms with Crippen molar-refractivity contribution in [2.24, 2.45) is 0 Å². The Morgan fingerprint density at radius 3 is 2.62 bits per heavy atom. The molecule has 1 aliphatic rings. The lowest BCUT2D eigenvalue weighted by Crippen LogP contribution is -2.31. The van der Waals surface area contributed by atoms with Gasteiger partial charge in [-0.2, -0.15) is 0 Å². The Bertz CT molecular complexity index is 1450. The number of halogens is 1. The highest BCUT2D eigenvalue weighted by Gasteiger charge is 2.42. The molecule has 0 aliphatic carbocycles. The first-order chi connectivity index (χ1) is 16.5. The van der Waals surface area contributed by atoms with Gasteiger partial charge in [-0.1, -0.05) is 36.4 Å². The molecule has 0 saturated heterocycles. The number of hydrogen-bond donors (Lipinski definition) is 1. The second kappa shape index (κ2) is 8.67. The predicted molar refractivity (Wildman–Crippen MR) is 125 cm³/mol. The van der Waals surface area contributed by atoms with Crippen LogP contribution in [0.25, 0.3) is 11.0 Å². The third-order valence-electron chi connectivity index (χ3n) is 6.01. The molecule has 34 heavy (non-hydrogen) atoms. The first kappa shape index (κ1) is 21.7. The van der Waals surface area contributed by atoms with Crippen LogP contribution in [-0.4, -0.2) is 29.1 Å². The van der Waals surface area contributed by atoms with Gasteiger partial charge in [0.2, 0.25) is 5.76 Å². The van der Waals surface area contributed by atoms with Gasteiger partial charge in [0.25, 0.3) is 5.91 Å². The summed E-state index contributed by atoms with van der Waals surface area (Å²) in [7, 11) is 0. The van der Waals surface area contributed by atoms with E-state index in [0.29, 0.717) is 25.1 Å². The Hall–Kier alpha value is -4.13. The van der Waals surface area contributed by atoms with Crippen LogP contribution in [0, 0.1) is 5.82 Å². The number of phenolic OH excluding ortho intramolecular Hbond substituents is 1. The number of benzene rings is 3. The molecule has 1 atom stereocenters. The molecule has 1 aromatic heterocycles. The molecule has 1 unspecified atom stereocenters. The van der Waals surface area contributed by atoms with E-state index < -0.39 is 23.2 Å². The van der Waals surface area contributed by atoms with Gasteiger partial charge in [0.1, 0.15) is 11.4 Å². The average molecular weight is 459 g/mol. The minimum atomic E-state index is -0.769. The minimum Gasteiger partial charge on any atom is -0.504 e. The summed E-state index contributed by atoms with van der Waals surface area (Å²) < 4.78 is 25.3. The van der Waals surface area contributed by atoms with Crippen LogP contribution in [0.4, 0.5) is 4.39 Å². The van der Waals surface area contributed by atoms with Crippen molar-refractivity contribution in [1.29, 1.82) is 0 Å². The molecule has 2 heterocycles. The molecule has 7 heteroatoms. The standard InChI is InChI=1S/C27H22FNO5/c1-2-33-22-14-17(8-10-20(22)30)24-23-25(31)19-15-18(28)9-11-21(19)34-26(23)27(32)29(24)13-12-16-6-4-3-5-7-16/h3-11,14-15,24,30H,2,12-13H2,1H3. The molecular weight excluding hydrogens is 437 g/mol. The van der Waals surface area contributed by atoms with Crippen molar-refractivity contribution in [3.63, 3.8) is 0 Å². The van der Waals surface area contributed by atoms with E-state index >= 15 is 0 Å². The fourth-order valence-electron chi connectivity index (χ4n) is 4.44. The zero-order valence-corrected chi connectivity index (χ0v) is 18.5. The molecule has 0 bridgehead atoms. The molecular formula is C27H22FNO5. The summed E-state index contributed by atoms with van der Waals surface area (Å²) in [5, 5.41) is 10.2. The third-order valence-corrected chi connectivity index (χ3v) is 6.01. The maximum Gasteiger partial charge on any atom is 0.290 e. The SMILES string of the molecule is CCOc1cc(C2c3c(oc4ccc(F)cc4c3=O)C(=O)N2CCc2ccccc2)ccc1O. The van der Waals surface area contributed by atoms with E-state index in [2.05, 4.69) is 0 Å². The van der Waals surface area contributed by atoms with Crippen molar-refractivity contribution in [3.8, 4) is 11.5 Å². The molecule has 0 fully saturated rings. The lowest BCUT2D eigenvalue weighted by Gasteiger charge is -2.25. The molecule has 1 amide bonds. The molecule has 0 radical (unpaired) electrons. The highest BCUT2D eigenvalue weighted by molar-refractivity contribution is 5.99. The molecule has 0 saturated carbocycles. The van der Waals surface area contributed by atoms with Crippen molar-refractivity contribution < 1.29 is 23.4 Å². The Labute approximate surface area is 194 Å². The number of carbonyl (C=O) groups excluding carboxylic acids is 1. The zero-order chi connectivity index (χ0) is 23.8. The topological polar surface area (TPSA) is 80.0 Å². The van der Waals surface area contributed by atoms with Gasteiger partial charge in [-0.3, -0.25) is 9.59 Å². The molecule has 6 nitrogen and oxygen atoms in total. The molecule has 4 aromatic rings. The van der Waals surface area contributed by atoms with Crippen molar-refractivity contribution >= 4 is 16.9 Å². The van der Waals surface area contributed by atoms with E-state index in [0.717, 1.165) is 11.6 Å². The normalized spacial score (nSPS) is 15.1. The van der Waals surface area contributed by atoms with E-state index in [1.54, 1.807) is 24.0 Å². The van der Waals surface area contributed by atoms with Gasteiger partial charge in [-0.15, -0.1) is 0 Å². The largest absolute Gasteiger partial charge is 0.504 e. The van der Waals surface area contributed by atoms with Crippen LogP contribution in [0.15, 0.2) is 75.9 Å². The number of fused-ring (bicyclic) bond motifs is 2. The average Bonchev–Trinajstić information content (AvgIpc) is 3.12. The summed E-state index contributed by atoms with van der Waals surface area (Å²) in [6.45, 7) is 2.45. The van der Waals surface area contributed by atoms with Gasteiger partial charge in [0.15, 0.2) is 16.9 Å². The van der Waals surface area contributed by atoms with E-state index in [1.807, 2.05) is 30.3 Å². The summed E-state index contributed by atoms with van der Waals surface area (Å²) in [6.07, 6.45) is 0.565. The monoisotopic (exact) mass is 459 g/mol. The van der Waals surface area contributed by atoms with Crippen LogP contribution in [0.2, 0.25) is 0 Å². The number of ether oxygens (including phenoxy) is 1. The summed E-state index contributed by atoms with van der Waals surface area (Å²) in [5.74, 6) is -0.818. The highest BCUT2D eigenvalue weighted by atomic mass is 19.1. The Morgan fingerprint density at radius 2 is 1.85 bits per heavy atom. The van der Waals surface area contributed by atoms with E-state index in [4.69, 9.17) is 9.15 Å². The van der Waals surface area contributed by atoms with E-state index in [-0.39, 0.29) is 33.8 Å². The molecule has 172 valence electrons. The Morgan fingerprint density at radius 1 is 1.06 bits per heavy atom. The van der Waals surface area contributed by atoms with Crippen LogP contribution >= 0.6 is 0 Å². The zero-order valence-electron chi connectivity index (χ0n) is 18.5. The second-order valence-corrected chi connectivity index (χ2v) is 8.11.